The summed E-state index contributed by atoms with van der Waals surface area (Å²) in [4.78, 5) is 0. The van der Waals surface area contributed by atoms with Gasteiger partial charge in [-0.2, -0.15) is 0 Å². The number of halogens is 2. The molecule has 0 saturated heterocycles. The van der Waals surface area contributed by atoms with Crippen LogP contribution >= 0.6 is 31.9 Å². The van der Waals surface area contributed by atoms with Gasteiger partial charge in [0.25, 0.3) is 0 Å². The standard InChI is InChI=1S/C32H33Br2N/c1-31(2,3)23-11-17-29(27(19-23)21-7-13-25(33)14-8-21)35-30-18-12-24(32(4,5)6)20-28(30)22-9-15-26(34)16-10-22/h7-20,35H,1-6H3. The Morgan fingerprint density at radius 3 is 1.14 bits per heavy atom. The smallest absolute Gasteiger partial charge is 0.0464 e. The van der Waals surface area contributed by atoms with Gasteiger partial charge in [0.1, 0.15) is 0 Å². The summed E-state index contributed by atoms with van der Waals surface area (Å²) in [7, 11) is 0. The van der Waals surface area contributed by atoms with Crippen LogP contribution in [0.1, 0.15) is 52.7 Å². The third kappa shape index (κ3) is 6.08. The number of hydrogen-bond donors (Lipinski definition) is 1. The fourth-order valence-electron chi connectivity index (χ4n) is 4.12. The second-order valence-electron chi connectivity index (χ2n) is 11.2. The van der Waals surface area contributed by atoms with Crippen LogP contribution in [0.5, 0.6) is 0 Å². The highest BCUT2D eigenvalue weighted by molar-refractivity contribution is 9.10. The zero-order chi connectivity index (χ0) is 25.4. The van der Waals surface area contributed by atoms with Gasteiger partial charge in [0.05, 0.1) is 0 Å². The van der Waals surface area contributed by atoms with Crippen molar-refractivity contribution in [3.8, 4) is 22.3 Å². The van der Waals surface area contributed by atoms with E-state index in [2.05, 4.69) is 164 Å². The second kappa shape index (κ2) is 9.95. The number of benzene rings is 4. The average Bonchev–Trinajstić information content (AvgIpc) is 2.79. The molecule has 35 heavy (non-hydrogen) atoms. The van der Waals surface area contributed by atoms with Crippen LogP contribution < -0.4 is 5.32 Å². The van der Waals surface area contributed by atoms with E-state index in [9.17, 15) is 0 Å². The predicted octanol–water partition coefficient (Wildman–Crippen LogP) is 10.9. The van der Waals surface area contributed by atoms with E-state index >= 15 is 0 Å². The lowest BCUT2D eigenvalue weighted by Crippen LogP contribution is -2.12. The van der Waals surface area contributed by atoms with Crippen molar-refractivity contribution in [1.82, 2.24) is 0 Å². The maximum atomic E-state index is 3.80. The lowest BCUT2D eigenvalue weighted by Gasteiger charge is -2.24. The van der Waals surface area contributed by atoms with E-state index in [1.54, 1.807) is 0 Å². The Balaban J connectivity index is 1.86. The molecule has 0 fully saturated rings. The number of rotatable bonds is 4. The van der Waals surface area contributed by atoms with Gasteiger partial charge in [-0.3, -0.25) is 0 Å². The van der Waals surface area contributed by atoms with Crippen LogP contribution in [0.2, 0.25) is 0 Å². The Kier molecular flexibility index (Phi) is 7.31. The summed E-state index contributed by atoms with van der Waals surface area (Å²) in [5.74, 6) is 0. The average molecular weight is 591 g/mol. The van der Waals surface area contributed by atoms with Gasteiger partial charge in [-0.25, -0.2) is 0 Å². The quantitative estimate of drug-likeness (QED) is 0.249. The van der Waals surface area contributed by atoms with E-state index < -0.39 is 0 Å². The van der Waals surface area contributed by atoms with Gasteiger partial charge < -0.3 is 5.32 Å². The Bertz CT molecular complexity index is 1220. The van der Waals surface area contributed by atoms with Crippen molar-refractivity contribution in [2.24, 2.45) is 0 Å². The molecule has 0 amide bonds. The first-order valence-electron chi connectivity index (χ1n) is 12.0. The minimum Gasteiger partial charge on any atom is -0.355 e. The summed E-state index contributed by atoms with van der Waals surface area (Å²) in [6, 6.07) is 30.7. The molecule has 0 saturated carbocycles. The molecule has 180 valence electrons. The van der Waals surface area contributed by atoms with E-state index in [0.717, 1.165) is 20.3 Å². The molecule has 3 heteroatoms. The molecule has 0 aliphatic heterocycles. The van der Waals surface area contributed by atoms with Gasteiger partial charge in [-0.15, -0.1) is 0 Å². The molecule has 1 nitrogen and oxygen atoms in total. The molecule has 0 aliphatic carbocycles. The zero-order valence-electron chi connectivity index (χ0n) is 21.3. The molecule has 0 spiro atoms. The van der Waals surface area contributed by atoms with E-state index in [1.807, 2.05) is 0 Å². The molecule has 4 rings (SSSR count). The third-order valence-electron chi connectivity index (χ3n) is 6.35. The van der Waals surface area contributed by atoms with Crippen LogP contribution in [0.15, 0.2) is 93.9 Å². The fraction of sp³-hybridized carbons (Fsp3) is 0.250. The SMILES string of the molecule is CC(C)(C)c1ccc(Nc2ccc(C(C)(C)C)cc2-c2ccc(Br)cc2)c(-c2ccc(Br)cc2)c1. The fourth-order valence-corrected chi connectivity index (χ4v) is 4.65. The topological polar surface area (TPSA) is 12.0 Å². The van der Waals surface area contributed by atoms with Crippen LogP contribution in [-0.4, -0.2) is 0 Å². The number of hydrogen-bond acceptors (Lipinski definition) is 1. The Morgan fingerprint density at radius 1 is 0.486 bits per heavy atom. The van der Waals surface area contributed by atoms with Crippen molar-refractivity contribution in [3.05, 3.63) is 105 Å². The largest absolute Gasteiger partial charge is 0.355 e. The van der Waals surface area contributed by atoms with E-state index in [-0.39, 0.29) is 10.8 Å². The van der Waals surface area contributed by atoms with Crippen molar-refractivity contribution >= 4 is 43.2 Å². The second-order valence-corrected chi connectivity index (χ2v) is 13.0. The molecule has 4 aromatic carbocycles. The minimum atomic E-state index is 0.0690. The summed E-state index contributed by atoms with van der Waals surface area (Å²) in [5.41, 5.74) is 9.76. The first-order chi connectivity index (χ1) is 16.4. The van der Waals surface area contributed by atoms with E-state index in [1.165, 1.54) is 33.4 Å². The first kappa shape index (κ1) is 25.7. The lowest BCUT2D eigenvalue weighted by atomic mass is 9.84. The van der Waals surface area contributed by atoms with E-state index in [4.69, 9.17) is 0 Å². The van der Waals surface area contributed by atoms with E-state index in [0.29, 0.717) is 0 Å². The minimum absolute atomic E-state index is 0.0690. The summed E-state index contributed by atoms with van der Waals surface area (Å²) >= 11 is 7.16. The first-order valence-corrected chi connectivity index (χ1v) is 13.6. The summed E-state index contributed by atoms with van der Waals surface area (Å²) in [6.07, 6.45) is 0. The number of anilines is 2. The lowest BCUT2D eigenvalue weighted by molar-refractivity contribution is 0.590. The summed E-state index contributed by atoms with van der Waals surface area (Å²) in [5, 5.41) is 3.80. The maximum absolute atomic E-state index is 3.80. The Morgan fingerprint density at radius 2 is 0.829 bits per heavy atom. The summed E-state index contributed by atoms with van der Waals surface area (Å²) in [6.45, 7) is 13.6. The molecular weight excluding hydrogens is 558 g/mol. The highest BCUT2D eigenvalue weighted by Gasteiger charge is 2.19. The van der Waals surface area contributed by atoms with Gasteiger partial charge in [0, 0.05) is 31.4 Å². The molecule has 0 aliphatic rings. The van der Waals surface area contributed by atoms with Crippen molar-refractivity contribution in [3.63, 3.8) is 0 Å². The Hall–Kier alpha value is -2.36. The van der Waals surface area contributed by atoms with Crippen LogP contribution in [0, 0.1) is 0 Å². The molecule has 0 bridgehead atoms. The highest BCUT2D eigenvalue weighted by Crippen LogP contribution is 2.39. The molecule has 4 aromatic rings. The van der Waals surface area contributed by atoms with Gasteiger partial charge >= 0.3 is 0 Å². The van der Waals surface area contributed by atoms with Crippen molar-refractivity contribution in [2.45, 2.75) is 52.4 Å². The van der Waals surface area contributed by atoms with Crippen LogP contribution in [0.25, 0.3) is 22.3 Å². The molecular formula is C32H33Br2N. The predicted molar refractivity (Wildman–Crippen MR) is 160 cm³/mol. The molecule has 0 radical (unpaired) electrons. The van der Waals surface area contributed by atoms with Crippen LogP contribution in [0.3, 0.4) is 0 Å². The summed E-state index contributed by atoms with van der Waals surface area (Å²) < 4.78 is 2.16. The molecule has 0 atom stereocenters. The van der Waals surface area contributed by atoms with Gasteiger partial charge in [0.2, 0.25) is 0 Å². The van der Waals surface area contributed by atoms with Crippen LogP contribution in [0.4, 0.5) is 11.4 Å². The van der Waals surface area contributed by atoms with Crippen molar-refractivity contribution in [1.29, 1.82) is 0 Å². The van der Waals surface area contributed by atoms with Gasteiger partial charge in [-0.1, -0.05) is 110 Å². The van der Waals surface area contributed by atoms with Gasteiger partial charge in [0.15, 0.2) is 0 Å². The maximum Gasteiger partial charge on any atom is 0.0464 e. The third-order valence-corrected chi connectivity index (χ3v) is 7.41. The van der Waals surface area contributed by atoms with Crippen molar-refractivity contribution in [2.75, 3.05) is 5.32 Å². The zero-order valence-corrected chi connectivity index (χ0v) is 24.5. The molecule has 0 heterocycles. The highest BCUT2D eigenvalue weighted by atomic mass is 79.9. The van der Waals surface area contributed by atoms with Gasteiger partial charge in [-0.05, 0) is 81.6 Å². The number of nitrogens with one attached hydrogen (secondary N) is 1. The molecule has 1 N–H and O–H groups in total. The monoisotopic (exact) mass is 589 g/mol. The molecule has 0 unspecified atom stereocenters. The van der Waals surface area contributed by atoms with Crippen LogP contribution in [-0.2, 0) is 10.8 Å². The normalized spacial score (nSPS) is 12.0. The molecule has 0 aromatic heterocycles. The van der Waals surface area contributed by atoms with Crippen molar-refractivity contribution < 1.29 is 0 Å². The Labute approximate surface area is 227 Å².